The van der Waals surface area contributed by atoms with Gasteiger partial charge in [0.1, 0.15) is 0 Å². The summed E-state index contributed by atoms with van der Waals surface area (Å²) in [7, 11) is 0. The van der Waals surface area contributed by atoms with E-state index in [4.69, 9.17) is 0 Å². The number of ketones is 1. The number of aryl methyl sites for hydroxylation is 2. The molecule has 0 N–H and O–H groups in total. The highest BCUT2D eigenvalue weighted by atomic mass is 79.9. The van der Waals surface area contributed by atoms with Gasteiger partial charge in [-0.2, -0.15) is 0 Å². The normalized spacial score (nSPS) is 13.6. The summed E-state index contributed by atoms with van der Waals surface area (Å²) < 4.78 is 1.93. The number of benzene rings is 1. The summed E-state index contributed by atoms with van der Waals surface area (Å²) in [5.74, 6) is 0.189. The van der Waals surface area contributed by atoms with Crippen LogP contribution in [0.15, 0.2) is 32.5 Å². The third-order valence-electron chi connectivity index (χ3n) is 3.45. The molecular weight excluding hydrogens is 388 g/mol. The summed E-state index contributed by atoms with van der Waals surface area (Å²) in [5.41, 5.74) is 4.02. The van der Waals surface area contributed by atoms with Gasteiger partial charge in [-0.25, -0.2) is 0 Å². The van der Waals surface area contributed by atoms with Crippen LogP contribution in [0.1, 0.15) is 32.8 Å². The zero-order valence-corrected chi connectivity index (χ0v) is 14.2. The van der Waals surface area contributed by atoms with Gasteiger partial charge in [0.05, 0.1) is 8.66 Å². The van der Waals surface area contributed by atoms with Crippen LogP contribution >= 0.6 is 43.2 Å². The molecule has 0 spiro atoms. The molecule has 0 aliphatic heterocycles. The SMILES string of the molecule is O=C(Cc1ccc2c(c1)CCC2)c1cc(Br)c(Br)s1. The average molecular weight is 400 g/mol. The van der Waals surface area contributed by atoms with Crippen molar-refractivity contribution in [2.75, 3.05) is 0 Å². The fraction of sp³-hybridized carbons (Fsp3) is 0.267. The van der Waals surface area contributed by atoms with Crippen molar-refractivity contribution in [3.05, 3.63) is 54.1 Å². The van der Waals surface area contributed by atoms with Crippen LogP contribution in [0.25, 0.3) is 0 Å². The molecule has 0 unspecified atom stereocenters. The van der Waals surface area contributed by atoms with Gasteiger partial charge in [0.2, 0.25) is 0 Å². The molecule has 1 aliphatic rings. The third-order valence-corrected chi connectivity index (χ3v) is 6.74. The summed E-state index contributed by atoms with van der Waals surface area (Å²) >= 11 is 8.34. The predicted octanol–water partition coefficient (Wildman–Crippen LogP) is 5.19. The molecule has 0 amide bonds. The monoisotopic (exact) mass is 398 g/mol. The Balaban J connectivity index is 1.79. The van der Waals surface area contributed by atoms with Gasteiger partial charge >= 0.3 is 0 Å². The van der Waals surface area contributed by atoms with Crippen molar-refractivity contribution in [1.29, 1.82) is 0 Å². The molecule has 2 aromatic rings. The lowest BCUT2D eigenvalue weighted by atomic mass is 10.0. The van der Waals surface area contributed by atoms with Gasteiger partial charge in [0.25, 0.3) is 0 Å². The lowest BCUT2D eigenvalue weighted by Crippen LogP contribution is -2.01. The first-order valence-electron chi connectivity index (χ1n) is 6.22. The Bertz CT molecular complexity index is 626. The molecule has 98 valence electrons. The van der Waals surface area contributed by atoms with Crippen LogP contribution < -0.4 is 0 Å². The van der Waals surface area contributed by atoms with Crippen molar-refractivity contribution in [1.82, 2.24) is 0 Å². The summed E-state index contributed by atoms with van der Waals surface area (Å²) in [5, 5.41) is 0. The maximum absolute atomic E-state index is 12.2. The Morgan fingerprint density at radius 3 is 2.68 bits per heavy atom. The summed E-state index contributed by atoms with van der Waals surface area (Å²) in [4.78, 5) is 13.1. The summed E-state index contributed by atoms with van der Waals surface area (Å²) in [6.07, 6.45) is 4.09. The van der Waals surface area contributed by atoms with Gasteiger partial charge in [-0.1, -0.05) is 18.2 Å². The minimum Gasteiger partial charge on any atom is -0.293 e. The van der Waals surface area contributed by atoms with Crippen molar-refractivity contribution >= 4 is 49.0 Å². The Labute approximate surface area is 133 Å². The quantitative estimate of drug-likeness (QED) is 0.649. The number of carbonyl (C=O) groups is 1. The first-order valence-corrected chi connectivity index (χ1v) is 8.62. The van der Waals surface area contributed by atoms with Crippen LogP contribution in [-0.4, -0.2) is 5.78 Å². The van der Waals surface area contributed by atoms with Crippen molar-refractivity contribution in [2.45, 2.75) is 25.7 Å². The van der Waals surface area contributed by atoms with Crippen LogP contribution in [0.2, 0.25) is 0 Å². The number of rotatable bonds is 3. The molecule has 4 heteroatoms. The van der Waals surface area contributed by atoms with E-state index >= 15 is 0 Å². The molecule has 1 aromatic heterocycles. The van der Waals surface area contributed by atoms with Gasteiger partial charge in [0, 0.05) is 10.9 Å². The van der Waals surface area contributed by atoms with Crippen LogP contribution in [-0.2, 0) is 19.3 Å². The third kappa shape index (κ3) is 2.86. The Morgan fingerprint density at radius 1 is 1.16 bits per heavy atom. The predicted molar refractivity (Wildman–Crippen MR) is 86.2 cm³/mol. The van der Waals surface area contributed by atoms with E-state index < -0.39 is 0 Å². The molecule has 0 saturated carbocycles. The van der Waals surface area contributed by atoms with Gasteiger partial charge in [-0.15, -0.1) is 11.3 Å². The Morgan fingerprint density at radius 2 is 1.95 bits per heavy atom. The first kappa shape index (κ1) is 13.5. The second-order valence-electron chi connectivity index (χ2n) is 4.79. The molecule has 1 aromatic carbocycles. The number of hydrogen-bond acceptors (Lipinski definition) is 2. The number of Topliss-reactive ketones (excluding diaryl/α,β-unsaturated/α-hetero) is 1. The van der Waals surface area contributed by atoms with E-state index in [1.54, 1.807) is 0 Å². The summed E-state index contributed by atoms with van der Waals surface area (Å²) in [6, 6.07) is 8.38. The number of fused-ring (bicyclic) bond motifs is 1. The van der Waals surface area contributed by atoms with Crippen molar-refractivity contribution in [2.24, 2.45) is 0 Å². The summed E-state index contributed by atoms with van der Waals surface area (Å²) in [6.45, 7) is 0. The zero-order chi connectivity index (χ0) is 13.4. The topological polar surface area (TPSA) is 17.1 Å². The van der Waals surface area contributed by atoms with E-state index in [0.717, 1.165) is 25.1 Å². The standard InChI is InChI=1S/C15H12Br2OS/c16-12-8-14(19-15(12)17)13(18)7-9-4-5-10-2-1-3-11(10)6-9/h4-6,8H,1-3,7H2. The molecule has 19 heavy (non-hydrogen) atoms. The highest BCUT2D eigenvalue weighted by molar-refractivity contribution is 9.13. The Hall–Kier alpha value is -0.450. The molecule has 3 rings (SSSR count). The maximum Gasteiger partial charge on any atom is 0.177 e. The van der Waals surface area contributed by atoms with E-state index in [2.05, 4.69) is 50.1 Å². The molecule has 1 aliphatic carbocycles. The molecule has 1 heterocycles. The van der Waals surface area contributed by atoms with Gasteiger partial charge < -0.3 is 0 Å². The number of hydrogen-bond donors (Lipinski definition) is 0. The van der Waals surface area contributed by atoms with E-state index in [-0.39, 0.29) is 5.78 Å². The van der Waals surface area contributed by atoms with E-state index in [1.807, 2.05) is 6.07 Å². The van der Waals surface area contributed by atoms with Crippen LogP contribution in [0.5, 0.6) is 0 Å². The van der Waals surface area contributed by atoms with Crippen LogP contribution in [0.3, 0.4) is 0 Å². The van der Waals surface area contributed by atoms with Crippen molar-refractivity contribution < 1.29 is 4.79 Å². The van der Waals surface area contributed by atoms with Gasteiger partial charge in [-0.3, -0.25) is 4.79 Å². The average Bonchev–Trinajstić information content (AvgIpc) is 2.96. The second-order valence-corrected chi connectivity index (χ2v) is 8.01. The smallest absolute Gasteiger partial charge is 0.177 e. The zero-order valence-electron chi connectivity index (χ0n) is 10.2. The lowest BCUT2D eigenvalue weighted by Gasteiger charge is -2.03. The first-order chi connectivity index (χ1) is 9.13. The molecule has 1 nitrogen and oxygen atoms in total. The molecule has 0 atom stereocenters. The molecule has 0 fully saturated rings. The minimum absolute atomic E-state index is 0.189. The van der Waals surface area contributed by atoms with Crippen molar-refractivity contribution in [3.63, 3.8) is 0 Å². The van der Waals surface area contributed by atoms with E-state index in [9.17, 15) is 4.79 Å². The second kappa shape index (κ2) is 5.51. The largest absolute Gasteiger partial charge is 0.293 e. The van der Waals surface area contributed by atoms with Gasteiger partial charge in [0.15, 0.2) is 5.78 Å². The number of thiophene rings is 1. The highest BCUT2D eigenvalue weighted by Gasteiger charge is 2.15. The number of halogens is 2. The van der Waals surface area contributed by atoms with Crippen LogP contribution in [0, 0.1) is 0 Å². The fourth-order valence-corrected chi connectivity index (χ4v) is 4.46. The fourth-order valence-electron chi connectivity index (χ4n) is 2.49. The number of carbonyl (C=O) groups excluding carboxylic acids is 1. The van der Waals surface area contributed by atoms with E-state index in [1.165, 1.54) is 35.3 Å². The molecular formula is C15H12Br2OS. The van der Waals surface area contributed by atoms with Gasteiger partial charge in [-0.05, 0) is 73.9 Å². The molecule has 0 saturated heterocycles. The van der Waals surface area contributed by atoms with Crippen molar-refractivity contribution in [3.8, 4) is 0 Å². The highest BCUT2D eigenvalue weighted by Crippen LogP contribution is 2.33. The van der Waals surface area contributed by atoms with Crippen LogP contribution in [0.4, 0.5) is 0 Å². The van der Waals surface area contributed by atoms with E-state index in [0.29, 0.717) is 6.42 Å². The molecule has 0 bridgehead atoms. The Kier molecular flexibility index (Phi) is 3.92. The maximum atomic E-state index is 12.2. The lowest BCUT2D eigenvalue weighted by molar-refractivity contribution is 0.0997. The minimum atomic E-state index is 0.189. The molecule has 0 radical (unpaired) electrons.